The van der Waals surface area contributed by atoms with E-state index >= 15 is 0 Å². The molecule has 2 aromatic rings. The average molecular weight is 208 g/mol. The van der Waals surface area contributed by atoms with Crippen LogP contribution >= 0.6 is 11.6 Å². The first-order valence-electron chi connectivity index (χ1n) is 4.40. The molecule has 0 aliphatic rings. The summed E-state index contributed by atoms with van der Waals surface area (Å²) in [6.45, 7) is 1.92. The third kappa shape index (κ3) is 1.32. The number of carbonyl (C=O) groups is 1. The largest absolute Gasteiger partial charge is 0.314 e. The predicted octanol–water partition coefficient (Wildman–Crippen LogP) is 2.67. The monoisotopic (exact) mass is 207 g/mol. The van der Waals surface area contributed by atoms with Crippen LogP contribution in [0.15, 0.2) is 30.5 Å². The van der Waals surface area contributed by atoms with Crippen LogP contribution < -0.4 is 0 Å². The van der Waals surface area contributed by atoms with Gasteiger partial charge in [0.2, 0.25) is 0 Å². The molecule has 3 heteroatoms. The number of alkyl halides is 1. The van der Waals surface area contributed by atoms with Crippen molar-refractivity contribution < 1.29 is 4.79 Å². The third-order valence-electron chi connectivity index (χ3n) is 2.26. The molecule has 0 aromatic carbocycles. The summed E-state index contributed by atoms with van der Waals surface area (Å²) in [4.78, 5) is 11.6. The lowest BCUT2D eigenvalue weighted by molar-refractivity contribution is 0.101. The molecular formula is C11H10ClNO. The van der Waals surface area contributed by atoms with Crippen molar-refractivity contribution in [2.75, 3.05) is 5.88 Å². The Morgan fingerprint density at radius 2 is 2.29 bits per heavy atom. The molecule has 0 radical (unpaired) electrons. The van der Waals surface area contributed by atoms with Crippen molar-refractivity contribution in [3.8, 4) is 0 Å². The minimum atomic E-state index is -0.0321. The van der Waals surface area contributed by atoms with Crippen molar-refractivity contribution in [3.05, 3.63) is 41.7 Å². The number of carbonyl (C=O) groups excluding carboxylic acids is 1. The van der Waals surface area contributed by atoms with Crippen LogP contribution in [0, 0.1) is 6.92 Å². The minimum absolute atomic E-state index is 0.0296. The van der Waals surface area contributed by atoms with E-state index in [0.717, 1.165) is 11.1 Å². The lowest BCUT2D eigenvalue weighted by Gasteiger charge is -2.00. The molecule has 0 unspecified atom stereocenters. The van der Waals surface area contributed by atoms with Gasteiger partial charge in [-0.2, -0.15) is 0 Å². The Morgan fingerprint density at radius 1 is 1.50 bits per heavy atom. The van der Waals surface area contributed by atoms with E-state index in [-0.39, 0.29) is 11.7 Å². The maximum absolute atomic E-state index is 11.6. The molecule has 0 atom stereocenters. The molecule has 0 bridgehead atoms. The van der Waals surface area contributed by atoms with Crippen LogP contribution in [0.25, 0.3) is 5.52 Å². The van der Waals surface area contributed by atoms with E-state index in [2.05, 4.69) is 0 Å². The zero-order chi connectivity index (χ0) is 10.1. The fraction of sp³-hybridized carbons (Fsp3) is 0.182. The van der Waals surface area contributed by atoms with Gasteiger partial charge in [-0.15, -0.1) is 11.6 Å². The lowest BCUT2D eigenvalue weighted by atomic mass is 10.2. The Labute approximate surface area is 87.1 Å². The molecule has 2 rings (SSSR count). The quantitative estimate of drug-likeness (QED) is 0.548. The summed E-state index contributed by atoms with van der Waals surface area (Å²) in [5.41, 5.74) is 2.69. The fourth-order valence-electron chi connectivity index (χ4n) is 1.68. The molecule has 2 aromatic heterocycles. The zero-order valence-electron chi connectivity index (χ0n) is 7.83. The topological polar surface area (TPSA) is 21.5 Å². The average Bonchev–Trinajstić information content (AvgIpc) is 2.53. The summed E-state index contributed by atoms with van der Waals surface area (Å²) in [6, 6.07) is 7.80. The second-order valence-electron chi connectivity index (χ2n) is 3.23. The van der Waals surface area contributed by atoms with Crippen molar-refractivity contribution in [1.29, 1.82) is 0 Å². The molecule has 0 saturated heterocycles. The molecule has 0 aliphatic carbocycles. The summed E-state index contributed by atoms with van der Waals surface area (Å²) in [6.07, 6.45) is 1.88. The zero-order valence-corrected chi connectivity index (χ0v) is 8.58. The van der Waals surface area contributed by atoms with Crippen LogP contribution in [-0.4, -0.2) is 16.1 Å². The second kappa shape index (κ2) is 3.46. The highest BCUT2D eigenvalue weighted by Crippen LogP contribution is 2.16. The molecule has 0 saturated carbocycles. The van der Waals surface area contributed by atoms with Crippen LogP contribution in [0.4, 0.5) is 0 Å². The van der Waals surface area contributed by atoms with Crippen LogP contribution in [0.1, 0.15) is 16.1 Å². The van der Waals surface area contributed by atoms with Gasteiger partial charge in [0.15, 0.2) is 5.78 Å². The number of hydrogen-bond donors (Lipinski definition) is 0. The number of Topliss-reactive ketones (excluding diaryl/α,β-unsaturated/α-hetero) is 1. The number of ketones is 1. The molecule has 0 amide bonds. The summed E-state index contributed by atoms with van der Waals surface area (Å²) < 4.78 is 1.88. The normalized spacial score (nSPS) is 10.7. The first-order valence-corrected chi connectivity index (χ1v) is 4.93. The van der Waals surface area contributed by atoms with E-state index in [1.165, 1.54) is 0 Å². The molecule has 0 spiro atoms. The Kier molecular flexibility index (Phi) is 2.30. The van der Waals surface area contributed by atoms with Crippen molar-refractivity contribution in [3.63, 3.8) is 0 Å². The first kappa shape index (κ1) is 9.28. The number of hydrogen-bond acceptors (Lipinski definition) is 1. The highest BCUT2D eigenvalue weighted by atomic mass is 35.5. The smallest absolute Gasteiger partial charge is 0.194 e. The minimum Gasteiger partial charge on any atom is -0.314 e. The summed E-state index contributed by atoms with van der Waals surface area (Å²) in [7, 11) is 0. The molecule has 0 aliphatic heterocycles. The Hall–Kier alpha value is -1.28. The molecular weight excluding hydrogens is 198 g/mol. The van der Waals surface area contributed by atoms with Gasteiger partial charge in [0.05, 0.1) is 11.6 Å². The fourth-order valence-corrected chi connectivity index (χ4v) is 1.80. The van der Waals surface area contributed by atoms with Crippen LogP contribution in [0.2, 0.25) is 0 Å². The first-order chi connectivity index (χ1) is 6.74. The van der Waals surface area contributed by atoms with Crippen LogP contribution in [0.3, 0.4) is 0 Å². The summed E-state index contributed by atoms with van der Waals surface area (Å²) in [5, 5.41) is 0. The van der Waals surface area contributed by atoms with E-state index in [1.54, 1.807) is 0 Å². The number of pyridine rings is 1. The number of aryl methyl sites for hydroxylation is 1. The predicted molar refractivity (Wildman–Crippen MR) is 57.2 cm³/mol. The maximum Gasteiger partial charge on any atom is 0.194 e. The number of halogens is 1. The van der Waals surface area contributed by atoms with Gasteiger partial charge >= 0.3 is 0 Å². The molecule has 0 N–H and O–H groups in total. The van der Waals surface area contributed by atoms with Crippen molar-refractivity contribution in [1.82, 2.24) is 4.40 Å². The Bertz CT molecular complexity index is 487. The van der Waals surface area contributed by atoms with Gasteiger partial charge in [-0.25, -0.2) is 0 Å². The van der Waals surface area contributed by atoms with E-state index in [1.807, 2.05) is 41.8 Å². The number of aromatic nitrogens is 1. The second-order valence-corrected chi connectivity index (χ2v) is 3.50. The van der Waals surface area contributed by atoms with E-state index in [0.29, 0.717) is 5.69 Å². The van der Waals surface area contributed by atoms with Crippen LogP contribution in [-0.2, 0) is 0 Å². The summed E-state index contributed by atoms with van der Waals surface area (Å²) in [5.74, 6) is -0.00246. The van der Waals surface area contributed by atoms with E-state index < -0.39 is 0 Å². The molecule has 72 valence electrons. The van der Waals surface area contributed by atoms with Gasteiger partial charge in [0.1, 0.15) is 0 Å². The lowest BCUT2D eigenvalue weighted by Crippen LogP contribution is -2.05. The maximum atomic E-state index is 11.6. The Balaban J connectivity index is 2.74. The van der Waals surface area contributed by atoms with Gasteiger partial charge < -0.3 is 4.40 Å². The third-order valence-corrected chi connectivity index (χ3v) is 2.50. The van der Waals surface area contributed by atoms with E-state index in [4.69, 9.17) is 11.6 Å². The van der Waals surface area contributed by atoms with Gasteiger partial charge in [-0.3, -0.25) is 4.79 Å². The van der Waals surface area contributed by atoms with E-state index in [9.17, 15) is 4.79 Å². The van der Waals surface area contributed by atoms with Crippen molar-refractivity contribution in [2.24, 2.45) is 0 Å². The molecule has 14 heavy (non-hydrogen) atoms. The summed E-state index contributed by atoms with van der Waals surface area (Å²) >= 11 is 5.55. The van der Waals surface area contributed by atoms with Gasteiger partial charge in [-0.1, -0.05) is 6.07 Å². The van der Waals surface area contributed by atoms with Crippen molar-refractivity contribution in [2.45, 2.75) is 6.92 Å². The Morgan fingerprint density at radius 3 is 3.00 bits per heavy atom. The number of rotatable bonds is 2. The SMILES string of the molecule is Cc1cc2ccccn2c1C(=O)CCl. The molecule has 2 heterocycles. The standard InChI is InChI=1S/C11H10ClNO/c1-8-6-9-4-2-3-5-13(9)11(8)10(14)7-12/h2-6H,7H2,1H3. The number of nitrogens with zero attached hydrogens (tertiary/aromatic N) is 1. The molecule has 2 nitrogen and oxygen atoms in total. The van der Waals surface area contributed by atoms with Crippen LogP contribution in [0.5, 0.6) is 0 Å². The highest BCUT2D eigenvalue weighted by Gasteiger charge is 2.12. The van der Waals surface area contributed by atoms with Gasteiger partial charge in [0.25, 0.3) is 0 Å². The van der Waals surface area contributed by atoms with Crippen molar-refractivity contribution >= 4 is 22.9 Å². The van der Waals surface area contributed by atoms with Gasteiger partial charge in [-0.05, 0) is 30.7 Å². The number of fused-ring (bicyclic) bond motifs is 1. The van der Waals surface area contributed by atoms with Gasteiger partial charge in [0, 0.05) is 11.7 Å². The highest BCUT2D eigenvalue weighted by molar-refractivity contribution is 6.30. The molecule has 0 fully saturated rings.